The van der Waals surface area contributed by atoms with Crippen LogP contribution in [-0.2, 0) is 20.7 Å². The minimum Gasteiger partial charge on any atom is -0.495 e. The first-order valence-electron chi connectivity index (χ1n) is 8.37. The SMILES string of the molecule is COc1ccc([N+](=O)[O-])cc1NC(=O)[C@@H](C)OC(=O)CCc1ccc(F)cc1. The molecule has 2 aromatic carbocycles. The van der Waals surface area contributed by atoms with Gasteiger partial charge in [-0.2, -0.15) is 0 Å². The van der Waals surface area contributed by atoms with Crippen LogP contribution in [0.4, 0.5) is 15.8 Å². The van der Waals surface area contributed by atoms with Crippen molar-refractivity contribution in [2.75, 3.05) is 12.4 Å². The third-order valence-corrected chi connectivity index (χ3v) is 3.86. The van der Waals surface area contributed by atoms with E-state index in [0.717, 1.165) is 11.6 Å². The number of carbonyl (C=O) groups is 2. The first-order chi connectivity index (χ1) is 13.3. The van der Waals surface area contributed by atoms with Crippen LogP contribution in [0.3, 0.4) is 0 Å². The highest BCUT2D eigenvalue weighted by Gasteiger charge is 2.20. The summed E-state index contributed by atoms with van der Waals surface area (Å²) in [6.07, 6.45) is -0.764. The zero-order chi connectivity index (χ0) is 20.7. The fourth-order valence-corrected chi connectivity index (χ4v) is 2.35. The molecule has 2 rings (SSSR count). The molecule has 9 heteroatoms. The number of esters is 1. The molecular formula is C19H19FN2O6. The van der Waals surface area contributed by atoms with Crippen LogP contribution < -0.4 is 10.1 Å². The molecule has 0 aliphatic heterocycles. The maximum atomic E-state index is 12.9. The van der Waals surface area contributed by atoms with Crippen LogP contribution >= 0.6 is 0 Å². The topological polar surface area (TPSA) is 108 Å². The van der Waals surface area contributed by atoms with Crippen LogP contribution in [0.2, 0.25) is 0 Å². The van der Waals surface area contributed by atoms with Gasteiger partial charge in [0.1, 0.15) is 11.6 Å². The summed E-state index contributed by atoms with van der Waals surface area (Å²) in [6, 6.07) is 9.47. The highest BCUT2D eigenvalue weighted by atomic mass is 19.1. The van der Waals surface area contributed by atoms with Crippen molar-refractivity contribution in [2.45, 2.75) is 25.9 Å². The van der Waals surface area contributed by atoms with E-state index < -0.39 is 22.9 Å². The summed E-state index contributed by atoms with van der Waals surface area (Å²) in [6.45, 7) is 1.38. The highest BCUT2D eigenvalue weighted by molar-refractivity contribution is 5.96. The first kappa shape index (κ1) is 20.8. The fourth-order valence-electron chi connectivity index (χ4n) is 2.35. The molecule has 8 nitrogen and oxygen atoms in total. The van der Waals surface area contributed by atoms with E-state index in [1.54, 1.807) is 12.1 Å². The molecule has 0 heterocycles. The quantitative estimate of drug-likeness (QED) is 0.421. The number of benzene rings is 2. The second-order valence-electron chi connectivity index (χ2n) is 5.89. The van der Waals surface area contributed by atoms with Crippen molar-refractivity contribution in [1.29, 1.82) is 0 Å². The lowest BCUT2D eigenvalue weighted by molar-refractivity contribution is -0.384. The molecule has 1 amide bonds. The van der Waals surface area contributed by atoms with E-state index in [4.69, 9.17) is 9.47 Å². The second kappa shape index (κ2) is 9.45. The first-order valence-corrected chi connectivity index (χ1v) is 8.37. The number of halogens is 1. The summed E-state index contributed by atoms with van der Waals surface area (Å²) in [4.78, 5) is 34.5. The molecule has 0 aliphatic carbocycles. The predicted octanol–water partition coefficient (Wildman–Crippen LogP) is 3.25. The van der Waals surface area contributed by atoms with Crippen LogP contribution in [0.25, 0.3) is 0 Å². The van der Waals surface area contributed by atoms with Gasteiger partial charge in [0.15, 0.2) is 6.10 Å². The number of rotatable bonds is 8. The maximum Gasteiger partial charge on any atom is 0.306 e. The molecule has 0 bridgehead atoms. The van der Waals surface area contributed by atoms with Crippen molar-refractivity contribution in [3.8, 4) is 5.75 Å². The monoisotopic (exact) mass is 390 g/mol. The molecule has 0 unspecified atom stereocenters. The van der Waals surface area contributed by atoms with Gasteiger partial charge in [-0.3, -0.25) is 19.7 Å². The Morgan fingerprint density at radius 2 is 1.89 bits per heavy atom. The molecule has 0 spiro atoms. The summed E-state index contributed by atoms with van der Waals surface area (Å²) < 4.78 is 23.0. The van der Waals surface area contributed by atoms with Crippen LogP contribution in [0.1, 0.15) is 18.9 Å². The van der Waals surface area contributed by atoms with Crippen molar-refractivity contribution >= 4 is 23.3 Å². The van der Waals surface area contributed by atoms with Gasteiger partial charge in [0.25, 0.3) is 11.6 Å². The summed E-state index contributed by atoms with van der Waals surface area (Å²) in [5, 5.41) is 13.3. The summed E-state index contributed by atoms with van der Waals surface area (Å²) in [7, 11) is 1.36. The normalized spacial score (nSPS) is 11.4. The molecule has 148 valence electrons. The zero-order valence-corrected chi connectivity index (χ0v) is 15.3. The highest BCUT2D eigenvalue weighted by Crippen LogP contribution is 2.29. The van der Waals surface area contributed by atoms with E-state index in [-0.39, 0.29) is 29.4 Å². The number of carbonyl (C=O) groups excluding carboxylic acids is 2. The third kappa shape index (κ3) is 5.76. The molecular weight excluding hydrogens is 371 g/mol. The summed E-state index contributed by atoms with van der Waals surface area (Å²) >= 11 is 0. The third-order valence-electron chi connectivity index (χ3n) is 3.86. The van der Waals surface area contributed by atoms with Gasteiger partial charge in [-0.05, 0) is 37.1 Å². The van der Waals surface area contributed by atoms with Gasteiger partial charge < -0.3 is 14.8 Å². The Morgan fingerprint density at radius 3 is 2.50 bits per heavy atom. The standard InChI is InChI=1S/C19H19FN2O6/c1-12(28-18(23)10-5-13-3-6-14(20)7-4-13)19(24)21-16-11-15(22(25)26)8-9-17(16)27-2/h3-4,6-9,11-12H,5,10H2,1-2H3,(H,21,24)/t12-/m1/s1. The summed E-state index contributed by atoms with van der Waals surface area (Å²) in [5.41, 5.74) is 0.632. The lowest BCUT2D eigenvalue weighted by Crippen LogP contribution is -2.30. The average Bonchev–Trinajstić information content (AvgIpc) is 2.67. The lowest BCUT2D eigenvalue weighted by Gasteiger charge is -2.15. The van der Waals surface area contributed by atoms with Gasteiger partial charge in [0, 0.05) is 18.6 Å². The maximum absolute atomic E-state index is 12.9. The molecule has 0 saturated carbocycles. The van der Waals surface area contributed by atoms with E-state index in [1.165, 1.54) is 38.3 Å². The molecule has 1 atom stereocenters. The average molecular weight is 390 g/mol. The Kier molecular flexibility index (Phi) is 7.02. The molecule has 1 N–H and O–H groups in total. The number of nitrogens with zero attached hydrogens (tertiary/aromatic N) is 1. The molecule has 0 radical (unpaired) electrons. The fraction of sp³-hybridized carbons (Fsp3) is 0.263. The number of non-ortho nitro benzene ring substituents is 1. The molecule has 28 heavy (non-hydrogen) atoms. The molecule has 0 aliphatic rings. The number of hydrogen-bond acceptors (Lipinski definition) is 6. The van der Waals surface area contributed by atoms with Gasteiger partial charge in [-0.15, -0.1) is 0 Å². The number of methoxy groups -OCH3 is 1. The number of aryl methyl sites for hydroxylation is 1. The van der Waals surface area contributed by atoms with Crippen molar-refractivity contribution < 1.29 is 28.4 Å². The molecule has 0 saturated heterocycles. The van der Waals surface area contributed by atoms with Crippen molar-refractivity contribution in [3.63, 3.8) is 0 Å². The Hall–Kier alpha value is -3.49. The van der Waals surface area contributed by atoms with E-state index in [2.05, 4.69) is 5.32 Å². The Labute approximate surface area is 160 Å². The number of ether oxygens (including phenoxy) is 2. The minimum atomic E-state index is -1.12. The number of anilines is 1. The van der Waals surface area contributed by atoms with Crippen LogP contribution in [-0.4, -0.2) is 30.0 Å². The molecule has 2 aromatic rings. The van der Waals surface area contributed by atoms with Gasteiger partial charge in [-0.1, -0.05) is 12.1 Å². The smallest absolute Gasteiger partial charge is 0.306 e. The van der Waals surface area contributed by atoms with Gasteiger partial charge >= 0.3 is 5.97 Å². The van der Waals surface area contributed by atoms with Crippen LogP contribution in [0, 0.1) is 15.9 Å². The Balaban J connectivity index is 1.93. The van der Waals surface area contributed by atoms with E-state index in [1.807, 2.05) is 0 Å². The minimum absolute atomic E-state index is 0.0172. The molecule has 0 aromatic heterocycles. The number of nitro groups is 1. The number of nitrogens with one attached hydrogen (secondary N) is 1. The number of nitro benzene ring substituents is 1. The van der Waals surface area contributed by atoms with Gasteiger partial charge in [-0.25, -0.2) is 4.39 Å². The second-order valence-corrected chi connectivity index (χ2v) is 5.89. The largest absolute Gasteiger partial charge is 0.495 e. The van der Waals surface area contributed by atoms with E-state index in [9.17, 15) is 24.1 Å². The number of hydrogen-bond donors (Lipinski definition) is 1. The van der Waals surface area contributed by atoms with E-state index >= 15 is 0 Å². The zero-order valence-electron chi connectivity index (χ0n) is 15.3. The van der Waals surface area contributed by atoms with Crippen molar-refractivity contribution in [1.82, 2.24) is 0 Å². The number of amides is 1. The van der Waals surface area contributed by atoms with Crippen LogP contribution in [0.5, 0.6) is 5.75 Å². The van der Waals surface area contributed by atoms with Crippen LogP contribution in [0.15, 0.2) is 42.5 Å². The predicted molar refractivity (Wildman–Crippen MR) is 98.6 cm³/mol. The Bertz CT molecular complexity index is 869. The Morgan fingerprint density at radius 1 is 1.21 bits per heavy atom. The van der Waals surface area contributed by atoms with E-state index in [0.29, 0.717) is 6.42 Å². The van der Waals surface area contributed by atoms with Crippen molar-refractivity contribution in [3.05, 3.63) is 64.0 Å². The van der Waals surface area contributed by atoms with Crippen molar-refractivity contribution in [2.24, 2.45) is 0 Å². The lowest BCUT2D eigenvalue weighted by atomic mass is 10.1. The van der Waals surface area contributed by atoms with Gasteiger partial charge in [0.2, 0.25) is 0 Å². The summed E-state index contributed by atoms with van der Waals surface area (Å²) in [5.74, 6) is -1.39. The molecule has 0 fully saturated rings. The van der Waals surface area contributed by atoms with Gasteiger partial charge in [0.05, 0.1) is 17.7 Å².